The Morgan fingerprint density at radius 3 is 2.68 bits per heavy atom. The van der Waals surface area contributed by atoms with E-state index in [4.69, 9.17) is 4.55 Å². The fourth-order valence-electron chi connectivity index (χ4n) is 1.73. The number of quaternary nitrogens is 1. The summed E-state index contributed by atoms with van der Waals surface area (Å²) >= 11 is 0. The first-order valence-corrected chi connectivity index (χ1v) is 8.19. The molecule has 1 aromatic heterocycles. The lowest BCUT2D eigenvalue weighted by Crippen LogP contribution is -2.45. The Hall–Kier alpha value is -1.78. The van der Waals surface area contributed by atoms with Crippen LogP contribution in [0.3, 0.4) is 0 Å². The van der Waals surface area contributed by atoms with Gasteiger partial charge in [0.15, 0.2) is 0 Å². The van der Waals surface area contributed by atoms with Crippen LogP contribution in [0.1, 0.15) is 12.6 Å². The monoisotopic (exact) mass is 332 g/mol. The van der Waals surface area contributed by atoms with Crippen LogP contribution in [0, 0.1) is 0 Å². The van der Waals surface area contributed by atoms with Gasteiger partial charge in [-0.15, -0.1) is 5.10 Å². The molecule has 0 bridgehead atoms. The highest BCUT2D eigenvalue weighted by molar-refractivity contribution is 7.85. The Labute approximate surface area is 129 Å². The lowest BCUT2D eigenvalue weighted by molar-refractivity contribution is -0.879. The normalized spacial score (nSPS) is 12.2. The molecule has 1 rings (SSSR count). The molecule has 1 amide bonds. The fraction of sp³-hybridized carbons (Fsp3) is 0.583. The largest absolute Gasteiger partial charge is 0.347 e. The molecule has 0 spiro atoms. The van der Waals surface area contributed by atoms with Crippen molar-refractivity contribution in [2.45, 2.75) is 20.0 Å². The first-order chi connectivity index (χ1) is 9.98. The van der Waals surface area contributed by atoms with E-state index in [1.807, 2.05) is 0 Å². The molecule has 0 saturated carbocycles. The van der Waals surface area contributed by atoms with Gasteiger partial charge in [0.1, 0.15) is 5.69 Å². The summed E-state index contributed by atoms with van der Waals surface area (Å²) in [7, 11) is -0.650. The minimum absolute atomic E-state index is 0.0976. The van der Waals surface area contributed by atoms with E-state index in [0.29, 0.717) is 24.4 Å². The summed E-state index contributed by atoms with van der Waals surface area (Å²) in [5.74, 6) is -0.621. The van der Waals surface area contributed by atoms with Gasteiger partial charge in [0, 0.05) is 5.57 Å². The van der Waals surface area contributed by atoms with E-state index in [9.17, 15) is 13.2 Å². The van der Waals surface area contributed by atoms with E-state index < -0.39 is 10.1 Å². The number of hydrogen-bond donors (Lipinski definition) is 2. The molecule has 0 atom stereocenters. The maximum Gasteiger partial charge on any atom is 0.316 e. The Kier molecular flexibility index (Phi) is 5.80. The summed E-state index contributed by atoms with van der Waals surface area (Å²) in [6.45, 7) is 6.27. The van der Waals surface area contributed by atoms with E-state index >= 15 is 0 Å². The van der Waals surface area contributed by atoms with Crippen molar-refractivity contribution in [2.75, 3.05) is 26.5 Å². The molecule has 1 aromatic rings. The topological polar surface area (TPSA) is 114 Å². The Morgan fingerprint density at radius 2 is 2.14 bits per heavy atom. The third-order valence-corrected chi connectivity index (χ3v) is 3.88. The first kappa shape index (κ1) is 18.3. The van der Waals surface area contributed by atoms with Crippen molar-refractivity contribution >= 4 is 16.0 Å². The molecular formula is C12H22N5O4S+. The molecule has 22 heavy (non-hydrogen) atoms. The van der Waals surface area contributed by atoms with E-state index in [0.717, 1.165) is 0 Å². The molecule has 0 saturated heterocycles. The van der Waals surface area contributed by atoms with Crippen molar-refractivity contribution in [3.63, 3.8) is 0 Å². The number of rotatable bonds is 8. The summed E-state index contributed by atoms with van der Waals surface area (Å²) in [5, 5.41) is 10.5. The highest BCUT2D eigenvalue weighted by atomic mass is 32.2. The number of likely N-dealkylation sites (N-methyl/N-ethyl adjacent to an activating group) is 1. The molecule has 0 aliphatic carbocycles. The van der Waals surface area contributed by atoms with Gasteiger partial charge in [-0.05, 0) is 6.92 Å². The zero-order chi connectivity index (χ0) is 17.0. The van der Waals surface area contributed by atoms with E-state index in [-0.39, 0.29) is 22.8 Å². The molecule has 10 heteroatoms. The summed E-state index contributed by atoms with van der Waals surface area (Å²) in [6.07, 6.45) is 1.67. The minimum Gasteiger partial charge on any atom is -0.347 e. The predicted octanol–water partition coefficient (Wildman–Crippen LogP) is -0.608. The molecule has 0 aromatic carbocycles. The third-order valence-electron chi connectivity index (χ3n) is 2.85. The van der Waals surface area contributed by atoms with Crippen LogP contribution in [0.25, 0.3) is 0 Å². The highest BCUT2D eigenvalue weighted by Gasteiger charge is 2.23. The summed E-state index contributed by atoms with van der Waals surface area (Å²) in [4.78, 5) is 11.4. The second-order valence-corrected chi connectivity index (χ2v) is 7.23. The van der Waals surface area contributed by atoms with Crippen LogP contribution in [0.2, 0.25) is 0 Å². The van der Waals surface area contributed by atoms with Gasteiger partial charge in [-0.1, -0.05) is 11.8 Å². The minimum atomic E-state index is -4.04. The number of hydrogen-bond acceptors (Lipinski definition) is 5. The summed E-state index contributed by atoms with van der Waals surface area (Å²) in [6, 6.07) is 0. The van der Waals surface area contributed by atoms with Gasteiger partial charge in [-0.25, -0.2) is 4.68 Å². The van der Waals surface area contributed by atoms with Gasteiger partial charge in [-0.3, -0.25) is 9.35 Å². The van der Waals surface area contributed by atoms with Crippen LogP contribution < -0.4 is 5.32 Å². The lowest BCUT2D eigenvalue weighted by Gasteiger charge is -2.27. The van der Waals surface area contributed by atoms with Gasteiger partial charge >= 0.3 is 10.1 Å². The van der Waals surface area contributed by atoms with Gasteiger partial charge in [0.2, 0.25) is 11.8 Å². The maximum atomic E-state index is 11.4. The Balaban J connectivity index is 2.52. The van der Waals surface area contributed by atoms with Gasteiger partial charge < -0.3 is 9.80 Å². The van der Waals surface area contributed by atoms with Crippen molar-refractivity contribution in [3.8, 4) is 0 Å². The molecule has 1 heterocycles. The SMILES string of the molecule is C=C(C)C(=O)NCc1cn(CC[N+](C)(C)CS(=O)(=O)O)nn1. The molecule has 0 radical (unpaired) electrons. The Bertz CT molecular complexity index is 650. The Morgan fingerprint density at radius 1 is 1.50 bits per heavy atom. The van der Waals surface area contributed by atoms with Crippen molar-refractivity contribution in [1.82, 2.24) is 20.3 Å². The van der Waals surface area contributed by atoms with Crippen molar-refractivity contribution in [1.29, 1.82) is 0 Å². The predicted molar refractivity (Wildman–Crippen MR) is 80.1 cm³/mol. The number of carbonyl (C=O) groups excluding carboxylic acids is 1. The number of amides is 1. The number of nitrogens with zero attached hydrogens (tertiary/aromatic N) is 4. The lowest BCUT2D eigenvalue weighted by atomic mass is 10.3. The smallest absolute Gasteiger partial charge is 0.316 e. The van der Waals surface area contributed by atoms with E-state index in [2.05, 4.69) is 22.2 Å². The molecule has 9 nitrogen and oxygen atoms in total. The number of aromatic nitrogens is 3. The molecule has 2 N–H and O–H groups in total. The van der Waals surface area contributed by atoms with Crippen LogP contribution in [-0.2, 0) is 28.0 Å². The standard InChI is InChI=1S/C12H21N5O4S/c1-10(2)12(18)13-7-11-8-16(15-14-11)5-6-17(3,4)9-22(19,20)21/h8H,1,5-7,9H2,2-4H3,(H-,13,18,19,20,21)/p+1. The molecule has 0 fully saturated rings. The van der Waals surface area contributed by atoms with E-state index in [1.165, 1.54) is 0 Å². The quantitative estimate of drug-likeness (QED) is 0.373. The van der Waals surface area contributed by atoms with Crippen LogP contribution in [-0.4, -0.2) is 64.9 Å². The summed E-state index contributed by atoms with van der Waals surface area (Å²) < 4.78 is 32.4. The first-order valence-electron chi connectivity index (χ1n) is 6.58. The molecular weight excluding hydrogens is 310 g/mol. The second kappa shape index (κ2) is 6.99. The number of carbonyl (C=O) groups is 1. The van der Waals surface area contributed by atoms with Crippen LogP contribution in [0.4, 0.5) is 0 Å². The van der Waals surface area contributed by atoms with Gasteiger partial charge in [0.05, 0.1) is 39.9 Å². The maximum absolute atomic E-state index is 11.4. The van der Waals surface area contributed by atoms with Gasteiger partial charge in [-0.2, -0.15) is 8.42 Å². The van der Waals surface area contributed by atoms with Crippen molar-refractivity contribution in [2.24, 2.45) is 0 Å². The third kappa shape index (κ3) is 6.78. The fourth-order valence-corrected chi connectivity index (χ4v) is 2.74. The van der Waals surface area contributed by atoms with Crippen molar-refractivity contribution in [3.05, 3.63) is 24.0 Å². The molecule has 124 valence electrons. The average Bonchev–Trinajstić information content (AvgIpc) is 2.78. The van der Waals surface area contributed by atoms with Gasteiger partial charge in [0.25, 0.3) is 0 Å². The second-order valence-electron chi connectivity index (χ2n) is 5.81. The average molecular weight is 332 g/mol. The summed E-state index contributed by atoms with van der Waals surface area (Å²) in [5.41, 5.74) is 1.01. The zero-order valence-corrected chi connectivity index (χ0v) is 13.8. The molecule has 0 unspecified atom stereocenters. The molecule has 0 aliphatic rings. The van der Waals surface area contributed by atoms with E-state index in [1.54, 1.807) is 31.9 Å². The number of nitrogens with one attached hydrogen (secondary N) is 1. The van der Waals surface area contributed by atoms with Crippen molar-refractivity contribution < 1.29 is 22.2 Å². The zero-order valence-electron chi connectivity index (χ0n) is 13.0. The highest BCUT2D eigenvalue weighted by Crippen LogP contribution is 2.02. The van der Waals surface area contributed by atoms with Crippen LogP contribution >= 0.6 is 0 Å². The molecule has 0 aliphatic heterocycles. The van der Waals surface area contributed by atoms with Crippen LogP contribution in [0.5, 0.6) is 0 Å². The van der Waals surface area contributed by atoms with Crippen LogP contribution in [0.15, 0.2) is 18.3 Å².